The normalized spacial score (nSPS) is 29.0. The van der Waals surface area contributed by atoms with E-state index in [1.165, 1.54) is 56.8 Å². The minimum absolute atomic E-state index is 0.333. The van der Waals surface area contributed by atoms with E-state index in [1.807, 2.05) is 0 Å². The van der Waals surface area contributed by atoms with Gasteiger partial charge in [0.15, 0.2) is 0 Å². The zero-order chi connectivity index (χ0) is 14.7. The molecule has 0 unspecified atom stereocenters. The highest BCUT2D eigenvalue weighted by Gasteiger charge is 2.42. The van der Waals surface area contributed by atoms with E-state index in [9.17, 15) is 4.79 Å². The minimum atomic E-state index is 0.333. The number of aryl methyl sites for hydroxylation is 1. The molecule has 0 radical (unpaired) electrons. The van der Waals surface area contributed by atoms with Gasteiger partial charge in [0.1, 0.15) is 6.29 Å². The second-order valence-electron chi connectivity index (χ2n) is 7.33. The fraction of sp³-hybridized carbons (Fsp3) is 0.650. The lowest BCUT2D eigenvalue weighted by molar-refractivity contribution is -0.112. The van der Waals surface area contributed by atoms with Crippen LogP contribution in [0.1, 0.15) is 68.9 Å². The summed E-state index contributed by atoms with van der Waals surface area (Å²) in [5.74, 6) is 1.12. The first-order chi connectivity index (χ1) is 10.2. The van der Waals surface area contributed by atoms with Crippen molar-refractivity contribution in [3.63, 3.8) is 0 Å². The van der Waals surface area contributed by atoms with Gasteiger partial charge in [-0.3, -0.25) is 0 Å². The Morgan fingerprint density at radius 3 is 2.14 bits per heavy atom. The monoisotopic (exact) mass is 284 g/mol. The van der Waals surface area contributed by atoms with Crippen LogP contribution in [0.4, 0.5) is 0 Å². The topological polar surface area (TPSA) is 17.1 Å². The maximum atomic E-state index is 11.0. The standard InChI is InChI=1S/C20H28O/c1-16-5-9-18(10-6-16)20(13-3-2-4-14-20)19-11-7-17(15-21)8-12-19/h5-6,9-10,15,17,19H,2-4,7-8,11-14H2,1H3. The minimum Gasteiger partial charge on any atom is -0.303 e. The molecule has 3 rings (SSSR count). The number of benzene rings is 1. The molecular formula is C20H28O. The fourth-order valence-corrected chi connectivity index (χ4v) is 4.81. The molecule has 0 bridgehead atoms. The molecule has 0 N–H and O–H groups in total. The van der Waals surface area contributed by atoms with Crippen LogP contribution in [-0.4, -0.2) is 6.29 Å². The molecular weight excluding hydrogens is 256 g/mol. The molecule has 0 heterocycles. The fourth-order valence-electron chi connectivity index (χ4n) is 4.81. The van der Waals surface area contributed by atoms with Crippen LogP contribution in [0.3, 0.4) is 0 Å². The molecule has 1 aromatic carbocycles. The third-order valence-corrected chi connectivity index (χ3v) is 6.12. The Labute approximate surface area is 129 Å². The van der Waals surface area contributed by atoms with E-state index in [1.54, 1.807) is 5.56 Å². The van der Waals surface area contributed by atoms with Crippen LogP contribution in [0.15, 0.2) is 24.3 Å². The van der Waals surface area contributed by atoms with Gasteiger partial charge in [-0.1, -0.05) is 49.1 Å². The molecule has 1 aromatic rings. The predicted molar refractivity (Wildman–Crippen MR) is 87.5 cm³/mol. The van der Waals surface area contributed by atoms with Crippen molar-refractivity contribution in [2.75, 3.05) is 0 Å². The van der Waals surface area contributed by atoms with E-state index in [-0.39, 0.29) is 0 Å². The summed E-state index contributed by atoms with van der Waals surface area (Å²) >= 11 is 0. The Balaban J connectivity index is 1.86. The lowest BCUT2D eigenvalue weighted by Gasteiger charge is -2.46. The predicted octanol–water partition coefficient (Wildman–Crippen LogP) is 5.20. The van der Waals surface area contributed by atoms with Gasteiger partial charge in [-0.2, -0.15) is 0 Å². The Kier molecular flexibility index (Phi) is 4.47. The smallest absolute Gasteiger partial charge is 0.123 e. The first-order valence-electron chi connectivity index (χ1n) is 8.77. The van der Waals surface area contributed by atoms with Crippen molar-refractivity contribution in [2.45, 2.75) is 70.1 Å². The molecule has 2 aliphatic rings. The average molecular weight is 284 g/mol. The van der Waals surface area contributed by atoms with Crippen LogP contribution >= 0.6 is 0 Å². The molecule has 0 spiro atoms. The number of hydrogen-bond donors (Lipinski definition) is 0. The zero-order valence-electron chi connectivity index (χ0n) is 13.3. The van der Waals surface area contributed by atoms with Crippen LogP contribution < -0.4 is 0 Å². The van der Waals surface area contributed by atoms with Crippen LogP contribution in [0.25, 0.3) is 0 Å². The summed E-state index contributed by atoms with van der Waals surface area (Å²) < 4.78 is 0. The highest BCUT2D eigenvalue weighted by molar-refractivity contribution is 5.53. The maximum Gasteiger partial charge on any atom is 0.123 e. The summed E-state index contributed by atoms with van der Waals surface area (Å²) in [7, 11) is 0. The number of carbonyl (C=O) groups is 1. The van der Waals surface area contributed by atoms with Crippen molar-refractivity contribution < 1.29 is 4.79 Å². The lowest BCUT2D eigenvalue weighted by Crippen LogP contribution is -2.39. The van der Waals surface area contributed by atoms with E-state index in [0.717, 1.165) is 18.8 Å². The number of hydrogen-bond acceptors (Lipinski definition) is 1. The number of rotatable bonds is 3. The van der Waals surface area contributed by atoms with Gasteiger partial charge in [0.05, 0.1) is 0 Å². The van der Waals surface area contributed by atoms with Crippen molar-refractivity contribution in [2.24, 2.45) is 11.8 Å². The molecule has 0 saturated heterocycles. The second kappa shape index (κ2) is 6.34. The molecule has 2 saturated carbocycles. The van der Waals surface area contributed by atoms with E-state index in [2.05, 4.69) is 31.2 Å². The number of carbonyl (C=O) groups excluding carboxylic acids is 1. The Morgan fingerprint density at radius 2 is 1.57 bits per heavy atom. The summed E-state index contributed by atoms with van der Waals surface area (Å²) in [6, 6.07) is 9.32. The van der Waals surface area contributed by atoms with Gasteiger partial charge in [0.2, 0.25) is 0 Å². The van der Waals surface area contributed by atoms with Gasteiger partial charge in [-0.25, -0.2) is 0 Å². The molecule has 21 heavy (non-hydrogen) atoms. The molecule has 0 amide bonds. The summed E-state index contributed by atoms with van der Waals surface area (Å²) in [6.07, 6.45) is 12.8. The van der Waals surface area contributed by atoms with Crippen molar-refractivity contribution >= 4 is 6.29 Å². The molecule has 0 aliphatic heterocycles. The highest BCUT2D eigenvalue weighted by Crippen LogP contribution is 2.50. The summed E-state index contributed by atoms with van der Waals surface area (Å²) in [5, 5.41) is 0. The summed E-state index contributed by atoms with van der Waals surface area (Å²) in [4.78, 5) is 11.0. The first-order valence-corrected chi connectivity index (χ1v) is 8.77. The first kappa shape index (κ1) is 14.8. The van der Waals surface area contributed by atoms with Crippen LogP contribution in [0, 0.1) is 18.8 Å². The average Bonchev–Trinajstić information content (AvgIpc) is 2.56. The third-order valence-electron chi connectivity index (χ3n) is 6.12. The van der Waals surface area contributed by atoms with Gasteiger partial charge in [0, 0.05) is 5.92 Å². The molecule has 0 atom stereocenters. The Bertz CT molecular complexity index is 459. The van der Waals surface area contributed by atoms with Crippen molar-refractivity contribution in [1.82, 2.24) is 0 Å². The van der Waals surface area contributed by atoms with Crippen LogP contribution in [0.5, 0.6) is 0 Å². The number of aldehydes is 1. The Morgan fingerprint density at radius 1 is 0.952 bits per heavy atom. The molecule has 2 aliphatic carbocycles. The van der Waals surface area contributed by atoms with Gasteiger partial charge >= 0.3 is 0 Å². The molecule has 1 heteroatoms. The Hall–Kier alpha value is -1.11. The van der Waals surface area contributed by atoms with E-state index >= 15 is 0 Å². The van der Waals surface area contributed by atoms with Crippen molar-refractivity contribution in [3.8, 4) is 0 Å². The van der Waals surface area contributed by atoms with Gasteiger partial charge < -0.3 is 4.79 Å². The molecule has 2 fully saturated rings. The largest absolute Gasteiger partial charge is 0.303 e. The van der Waals surface area contributed by atoms with E-state index < -0.39 is 0 Å². The lowest BCUT2D eigenvalue weighted by atomic mass is 9.58. The third kappa shape index (κ3) is 2.93. The van der Waals surface area contributed by atoms with Crippen LogP contribution in [0.2, 0.25) is 0 Å². The molecule has 1 nitrogen and oxygen atoms in total. The van der Waals surface area contributed by atoms with Crippen LogP contribution in [-0.2, 0) is 10.2 Å². The van der Waals surface area contributed by atoms with Crippen molar-refractivity contribution in [3.05, 3.63) is 35.4 Å². The summed E-state index contributed by atoms with van der Waals surface area (Å²) in [6.45, 7) is 2.17. The van der Waals surface area contributed by atoms with Gasteiger partial charge in [-0.05, 0) is 62.3 Å². The highest BCUT2D eigenvalue weighted by atomic mass is 16.1. The van der Waals surface area contributed by atoms with E-state index in [0.29, 0.717) is 11.3 Å². The second-order valence-corrected chi connectivity index (χ2v) is 7.33. The van der Waals surface area contributed by atoms with Gasteiger partial charge in [-0.15, -0.1) is 0 Å². The quantitative estimate of drug-likeness (QED) is 0.697. The van der Waals surface area contributed by atoms with Crippen molar-refractivity contribution in [1.29, 1.82) is 0 Å². The maximum absolute atomic E-state index is 11.0. The van der Waals surface area contributed by atoms with E-state index in [4.69, 9.17) is 0 Å². The van der Waals surface area contributed by atoms with Gasteiger partial charge in [0.25, 0.3) is 0 Å². The molecule has 0 aromatic heterocycles. The summed E-state index contributed by atoms with van der Waals surface area (Å²) in [5.41, 5.74) is 3.33. The molecule has 114 valence electrons. The zero-order valence-corrected chi connectivity index (χ0v) is 13.3. The SMILES string of the molecule is Cc1ccc(C2(C3CCC(C=O)CC3)CCCCC2)cc1.